The highest BCUT2D eigenvalue weighted by Crippen LogP contribution is 2.76. The highest BCUT2D eigenvalue weighted by molar-refractivity contribution is 5.84. The summed E-state index contributed by atoms with van der Waals surface area (Å²) < 4.78 is 6.53. The van der Waals surface area contributed by atoms with E-state index < -0.39 is 6.10 Å². The number of aromatic nitrogens is 1. The van der Waals surface area contributed by atoms with E-state index in [2.05, 4.69) is 42.2 Å². The van der Waals surface area contributed by atoms with Gasteiger partial charge in [-0.3, -0.25) is 4.98 Å². The number of pyridine rings is 1. The van der Waals surface area contributed by atoms with Gasteiger partial charge in [0.05, 0.1) is 25.6 Å². The van der Waals surface area contributed by atoms with E-state index >= 15 is 0 Å². The molecule has 1 N–H and O–H groups in total. The molecule has 0 bridgehead atoms. The maximum atomic E-state index is 11.8. The number of ether oxygens (including phenoxy) is 1. The first kappa shape index (κ1) is 19.3. The van der Waals surface area contributed by atoms with Gasteiger partial charge in [-0.15, -0.1) is 0 Å². The molecule has 2 aromatic carbocycles. The SMILES string of the molecule is CCC1C2CC[N+]3(Cc4ccccc4)[C@H]([C@H](O)c4ccnc5ccc(OC)cc45)CC123. The highest BCUT2D eigenvalue weighted by Gasteiger charge is 2.87. The zero-order valence-electron chi connectivity index (χ0n) is 18.4. The Morgan fingerprint density at radius 1 is 1.19 bits per heavy atom. The van der Waals surface area contributed by atoms with Crippen LogP contribution in [0.2, 0.25) is 0 Å². The lowest BCUT2D eigenvalue weighted by Crippen LogP contribution is -2.73. The third kappa shape index (κ3) is 2.46. The van der Waals surface area contributed by atoms with Crippen molar-refractivity contribution in [1.82, 2.24) is 4.98 Å². The zero-order chi connectivity index (χ0) is 21.2. The van der Waals surface area contributed by atoms with Gasteiger partial charge in [0.25, 0.3) is 0 Å². The molecule has 31 heavy (non-hydrogen) atoms. The van der Waals surface area contributed by atoms with Crippen molar-refractivity contribution in [3.8, 4) is 5.75 Å². The first-order valence-electron chi connectivity index (χ1n) is 11.7. The number of hydrogen-bond acceptors (Lipinski definition) is 3. The van der Waals surface area contributed by atoms with Crippen LogP contribution in [0.15, 0.2) is 60.8 Å². The molecule has 6 rings (SSSR count). The van der Waals surface area contributed by atoms with E-state index in [0.717, 1.165) is 51.5 Å². The molecule has 3 aliphatic rings. The summed E-state index contributed by atoms with van der Waals surface area (Å²) in [6.07, 6.45) is 5.04. The van der Waals surface area contributed by atoms with Gasteiger partial charge in [0.2, 0.25) is 0 Å². The van der Waals surface area contributed by atoms with Crippen LogP contribution in [0.5, 0.6) is 5.75 Å². The molecule has 1 saturated carbocycles. The number of rotatable bonds is 6. The molecule has 4 nitrogen and oxygen atoms in total. The van der Waals surface area contributed by atoms with Gasteiger partial charge in [0.1, 0.15) is 30.0 Å². The molecule has 160 valence electrons. The standard InChI is InChI=1S/C27H31N2O2/c1-3-22-23-12-14-29(17-18-7-5-4-6-8-18)25(16-27(22,23)29)26(30)20-11-13-28-24-10-9-19(31-2)15-21(20)24/h4-11,13,15,22-23,25-26,30H,3,12,14,16-17H2,1-2H3/q+1/t22?,23?,25-,26+,27?,29?/m0/s1. The fourth-order valence-corrected chi connectivity index (χ4v) is 7.64. The number of piperidine rings is 1. The number of quaternary nitrogens is 1. The largest absolute Gasteiger partial charge is 0.497 e. The molecule has 4 unspecified atom stereocenters. The highest BCUT2D eigenvalue weighted by atomic mass is 16.5. The molecule has 0 radical (unpaired) electrons. The third-order valence-corrected chi connectivity index (χ3v) is 8.91. The van der Waals surface area contributed by atoms with Crippen molar-refractivity contribution in [1.29, 1.82) is 0 Å². The fraction of sp³-hybridized carbons (Fsp3) is 0.444. The van der Waals surface area contributed by atoms with Gasteiger partial charge in [0.15, 0.2) is 0 Å². The number of methoxy groups -OCH3 is 1. The zero-order valence-corrected chi connectivity index (χ0v) is 18.4. The van der Waals surface area contributed by atoms with E-state index in [9.17, 15) is 5.11 Å². The van der Waals surface area contributed by atoms with Gasteiger partial charge in [-0.25, -0.2) is 0 Å². The Balaban J connectivity index is 1.41. The molecular formula is C27H31N2O2+. The van der Waals surface area contributed by atoms with Crippen molar-refractivity contribution in [2.45, 2.75) is 50.4 Å². The monoisotopic (exact) mass is 415 g/mol. The van der Waals surface area contributed by atoms with Crippen molar-refractivity contribution in [2.24, 2.45) is 11.8 Å². The second-order valence-corrected chi connectivity index (χ2v) is 9.80. The number of aliphatic hydroxyl groups excluding tert-OH is 1. The van der Waals surface area contributed by atoms with Crippen LogP contribution in [0.25, 0.3) is 10.9 Å². The van der Waals surface area contributed by atoms with Crippen molar-refractivity contribution >= 4 is 10.9 Å². The van der Waals surface area contributed by atoms with E-state index in [1.165, 1.54) is 24.9 Å². The van der Waals surface area contributed by atoms with Crippen LogP contribution in [0.4, 0.5) is 0 Å². The molecule has 1 aromatic heterocycles. The maximum Gasteiger partial charge on any atom is 0.132 e. The van der Waals surface area contributed by atoms with Crippen molar-refractivity contribution in [3.05, 3.63) is 71.9 Å². The predicted molar refractivity (Wildman–Crippen MR) is 122 cm³/mol. The van der Waals surface area contributed by atoms with Gasteiger partial charge in [-0.2, -0.15) is 0 Å². The lowest BCUT2D eigenvalue weighted by atomic mass is 9.77. The lowest BCUT2D eigenvalue weighted by Gasteiger charge is -2.60. The van der Waals surface area contributed by atoms with Crippen molar-refractivity contribution in [2.75, 3.05) is 13.7 Å². The Bertz CT molecular complexity index is 1130. The van der Waals surface area contributed by atoms with Gasteiger partial charge >= 0.3 is 0 Å². The minimum Gasteiger partial charge on any atom is -0.497 e. The summed E-state index contributed by atoms with van der Waals surface area (Å²) in [5, 5.41) is 12.8. The minimum atomic E-state index is -0.496. The molecule has 1 spiro atoms. The average molecular weight is 416 g/mol. The molecule has 3 aromatic rings. The maximum absolute atomic E-state index is 11.8. The minimum absolute atomic E-state index is 0.235. The quantitative estimate of drug-likeness (QED) is 0.585. The van der Waals surface area contributed by atoms with E-state index in [1.807, 2.05) is 30.5 Å². The Hall–Kier alpha value is -2.43. The normalized spacial score (nSPS) is 34.0. The third-order valence-electron chi connectivity index (χ3n) is 8.91. The summed E-state index contributed by atoms with van der Waals surface area (Å²) in [6.45, 7) is 4.56. The van der Waals surface area contributed by atoms with E-state index in [0.29, 0.717) is 5.54 Å². The number of nitrogens with zero attached hydrogens (tertiary/aromatic N) is 2. The molecule has 1 aliphatic carbocycles. The molecule has 4 heteroatoms. The fourth-order valence-electron chi connectivity index (χ4n) is 7.64. The number of hydrogen-bond donors (Lipinski definition) is 1. The predicted octanol–water partition coefficient (Wildman–Crippen LogP) is 4.86. The van der Waals surface area contributed by atoms with Crippen LogP contribution in [0.1, 0.15) is 43.4 Å². The van der Waals surface area contributed by atoms with E-state index in [1.54, 1.807) is 7.11 Å². The first-order chi connectivity index (χ1) is 15.1. The number of benzene rings is 2. The van der Waals surface area contributed by atoms with Crippen molar-refractivity contribution < 1.29 is 14.3 Å². The van der Waals surface area contributed by atoms with Crippen LogP contribution in [-0.4, -0.2) is 39.8 Å². The number of fused-ring (bicyclic) bond motifs is 1. The smallest absolute Gasteiger partial charge is 0.132 e. The lowest BCUT2D eigenvalue weighted by molar-refractivity contribution is -1.03. The topological polar surface area (TPSA) is 42.4 Å². The van der Waals surface area contributed by atoms with E-state index in [4.69, 9.17) is 4.74 Å². The Morgan fingerprint density at radius 2 is 2.03 bits per heavy atom. The molecule has 3 fully saturated rings. The molecular weight excluding hydrogens is 384 g/mol. The summed E-state index contributed by atoms with van der Waals surface area (Å²) in [5.41, 5.74) is 3.70. The Kier molecular flexibility index (Phi) is 4.22. The Morgan fingerprint density at radius 3 is 2.77 bits per heavy atom. The summed E-state index contributed by atoms with van der Waals surface area (Å²) >= 11 is 0. The summed E-state index contributed by atoms with van der Waals surface area (Å²) in [7, 11) is 1.69. The molecule has 0 amide bonds. The average Bonchev–Trinajstić information content (AvgIpc) is 3.42. The van der Waals surface area contributed by atoms with Gasteiger partial charge in [-0.1, -0.05) is 37.3 Å². The number of aliphatic hydroxyl groups is 1. The first-order valence-corrected chi connectivity index (χ1v) is 11.7. The van der Waals surface area contributed by atoms with Crippen LogP contribution in [0.3, 0.4) is 0 Å². The van der Waals surface area contributed by atoms with Crippen LogP contribution < -0.4 is 4.74 Å². The Labute approximate surface area is 184 Å². The van der Waals surface area contributed by atoms with Crippen molar-refractivity contribution in [3.63, 3.8) is 0 Å². The van der Waals surface area contributed by atoms with Crippen LogP contribution >= 0.6 is 0 Å². The second-order valence-electron chi connectivity index (χ2n) is 9.80. The summed E-state index contributed by atoms with van der Waals surface area (Å²) in [4.78, 5) is 4.53. The second kappa shape index (κ2) is 6.78. The summed E-state index contributed by atoms with van der Waals surface area (Å²) in [5.74, 6) is 2.48. The summed E-state index contributed by atoms with van der Waals surface area (Å²) in [6, 6.07) is 19.1. The van der Waals surface area contributed by atoms with Crippen LogP contribution in [-0.2, 0) is 6.54 Å². The van der Waals surface area contributed by atoms with Gasteiger partial charge in [0, 0.05) is 35.4 Å². The van der Waals surface area contributed by atoms with E-state index in [-0.39, 0.29) is 6.04 Å². The van der Waals surface area contributed by atoms with Crippen LogP contribution in [0, 0.1) is 11.8 Å². The van der Waals surface area contributed by atoms with Gasteiger partial charge < -0.3 is 14.3 Å². The van der Waals surface area contributed by atoms with Gasteiger partial charge in [-0.05, 0) is 36.2 Å². The molecule has 2 saturated heterocycles. The molecule has 2 aliphatic heterocycles. The molecule has 6 atom stereocenters. The molecule has 3 heterocycles.